The topological polar surface area (TPSA) is 55.3 Å². The Labute approximate surface area is 152 Å². The molecule has 0 saturated carbocycles. The van der Waals surface area contributed by atoms with Crippen molar-refractivity contribution in [2.75, 3.05) is 5.32 Å². The molecule has 0 aliphatic rings. The van der Waals surface area contributed by atoms with Crippen LogP contribution in [0.15, 0.2) is 42.6 Å². The number of benzene rings is 1. The highest BCUT2D eigenvalue weighted by molar-refractivity contribution is 6.30. The van der Waals surface area contributed by atoms with Gasteiger partial charge in [0.1, 0.15) is 12.0 Å². The lowest BCUT2D eigenvalue weighted by molar-refractivity contribution is -0.367. The Morgan fingerprint density at radius 1 is 0.926 bits per heavy atom. The highest BCUT2D eigenvalue weighted by atomic mass is 35.5. The lowest BCUT2D eigenvalue weighted by Gasteiger charge is -2.34. The molecule has 1 heterocycles. The second kappa shape index (κ2) is 7.22. The van der Waals surface area contributed by atoms with E-state index in [-0.39, 0.29) is 5.02 Å². The standard InChI is InChI=1S/C15H9ClF7N3O/c16-9-3-6-11(24-7-9)25-13(14(18,19)20,15(21,22)23)26-12(27)8-1-4-10(17)5-2-8/h1-7H,(H,24,25)(H,26,27)/p+1. The zero-order chi connectivity index (χ0) is 20.5. The van der Waals surface area contributed by atoms with E-state index in [1.54, 1.807) is 0 Å². The van der Waals surface area contributed by atoms with E-state index >= 15 is 0 Å². The molecule has 27 heavy (non-hydrogen) atoms. The summed E-state index contributed by atoms with van der Waals surface area (Å²) >= 11 is 5.54. The summed E-state index contributed by atoms with van der Waals surface area (Å²) in [6, 6.07) is 4.81. The molecule has 0 unspecified atom stereocenters. The number of carbonyl (C=O) groups excluding carboxylic acids is 1. The number of halogens is 8. The maximum atomic E-state index is 13.5. The minimum atomic E-state index is -5.99. The summed E-state index contributed by atoms with van der Waals surface area (Å²) in [5, 5.41) is 2.20. The molecule has 0 bridgehead atoms. The predicted octanol–water partition coefficient (Wildman–Crippen LogP) is 3.96. The van der Waals surface area contributed by atoms with Crippen LogP contribution in [-0.2, 0) is 0 Å². The van der Waals surface area contributed by atoms with Crippen LogP contribution in [0, 0.1) is 5.82 Å². The zero-order valence-electron chi connectivity index (χ0n) is 13.0. The summed E-state index contributed by atoms with van der Waals surface area (Å²) in [6.07, 6.45) is -11.0. The van der Waals surface area contributed by atoms with Gasteiger partial charge in [-0.15, -0.1) is 0 Å². The number of H-pyrrole nitrogens is 1. The number of rotatable bonds is 4. The maximum Gasteiger partial charge on any atom is 0.462 e. The number of carbonyl (C=O) groups is 1. The second-order valence-corrected chi connectivity index (χ2v) is 5.69. The van der Waals surface area contributed by atoms with E-state index in [2.05, 4.69) is 4.98 Å². The second-order valence-electron chi connectivity index (χ2n) is 5.25. The van der Waals surface area contributed by atoms with Gasteiger partial charge in [0, 0.05) is 11.6 Å². The van der Waals surface area contributed by atoms with Crippen LogP contribution in [0.25, 0.3) is 0 Å². The normalized spacial score (nSPS) is 12.6. The summed E-state index contributed by atoms with van der Waals surface area (Å²) in [5.74, 6) is -3.25. The molecule has 1 aromatic heterocycles. The first kappa shape index (κ1) is 20.7. The van der Waals surface area contributed by atoms with Crippen LogP contribution in [0.3, 0.4) is 0 Å². The van der Waals surface area contributed by atoms with Gasteiger partial charge in [0.15, 0.2) is 0 Å². The SMILES string of the molecule is O=C(NC(Nc1ccc(Cl)c[nH+]1)(C(F)(F)F)C(F)(F)F)c1ccc(F)cc1. The van der Waals surface area contributed by atoms with Crippen molar-refractivity contribution < 1.29 is 40.5 Å². The molecular weight excluding hydrogens is 407 g/mol. The van der Waals surface area contributed by atoms with Crippen LogP contribution >= 0.6 is 11.6 Å². The Balaban J connectivity index is 2.49. The van der Waals surface area contributed by atoms with Crippen molar-refractivity contribution in [3.05, 3.63) is 59.0 Å². The molecule has 2 aromatic rings. The molecule has 0 fully saturated rings. The van der Waals surface area contributed by atoms with E-state index in [4.69, 9.17) is 11.6 Å². The number of aromatic nitrogens is 1. The number of aromatic amines is 1. The van der Waals surface area contributed by atoms with Crippen LogP contribution in [0.1, 0.15) is 10.4 Å². The summed E-state index contributed by atoms with van der Waals surface area (Å²) < 4.78 is 93.7. The van der Waals surface area contributed by atoms with Crippen molar-refractivity contribution in [1.82, 2.24) is 5.32 Å². The van der Waals surface area contributed by atoms with E-state index in [9.17, 15) is 35.5 Å². The van der Waals surface area contributed by atoms with Gasteiger partial charge in [-0.1, -0.05) is 11.6 Å². The Bertz CT molecular complexity index is 790. The first-order chi connectivity index (χ1) is 12.4. The van der Waals surface area contributed by atoms with Crippen LogP contribution in [0.5, 0.6) is 0 Å². The van der Waals surface area contributed by atoms with Gasteiger partial charge in [-0.2, -0.15) is 26.3 Å². The highest BCUT2D eigenvalue weighted by Crippen LogP contribution is 2.43. The highest BCUT2D eigenvalue weighted by Gasteiger charge is 2.76. The van der Waals surface area contributed by atoms with Crippen molar-refractivity contribution in [1.29, 1.82) is 0 Å². The average molecular weight is 417 g/mol. The van der Waals surface area contributed by atoms with Crippen LogP contribution in [-0.4, -0.2) is 23.9 Å². The van der Waals surface area contributed by atoms with Gasteiger partial charge in [-0.3, -0.25) is 10.1 Å². The fourth-order valence-corrected chi connectivity index (χ4v) is 2.12. The lowest BCUT2D eigenvalue weighted by atomic mass is 10.1. The molecule has 4 nitrogen and oxygen atoms in total. The largest absolute Gasteiger partial charge is 0.462 e. The maximum absolute atomic E-state index is 13.5. The number of hydrogen-bond donors (Lipinski definition) is 2. The quantitative estimate of drug-likeness (QED) is 0.585. The molecule has 146 valence electrons. The third kappa shape index (κ3) is 4.41. The lowest BCUT2D eigenvalue weighted by Crippen LogP contribution is -2.72. The van der Waals surface area contributed by atoms with Gasteiger partial charge >= 0.3 is 18.0 Å². The summed E-state index contributed by atoms with van der Waals surface area (Å²) in [6.45, 7) is 0. The Hall–Kier alpha value is -2.56. The summed E-state index contributed by atoms with van der Waals surface area (Å²) in [5.41, 5.74) is -5.42. The fraction of sp³-hybridized carbons (Fsp3) is 0.200. The average Bonchev–Trinajstić information content (AvgIpc) is 2.54. The van der Waals surface area contributed by atoms with Crippen LogP contribution in [0.4, 0.5) is 36.6 Å². The Morgan fingerprint density at radius 2 is 1.48 bits per heavy atom. The Kier molecular flexibility index (Phi) is 5.55. The zero-order valence-corrected chi connectivity index (χ0v) is 13.7. The number of alkyl halides is 6. The molecular formula is C15H10ClF7N3O+. The van der Waals surface area contributed by atoms with Gasteiger partial charge in [-0.25, -0.2) is 14.7 Å². The summed E-state index contributed by atoms with van der Waals surface area (Å²) in [7, 11) is 0. The molecule has 2 rings (SSSR count). The van der Waals surface area contributed by atoms with E-state index in [1.807, 2.05) is 0 Å². The minimum absolute atomic E-state index is 0.0283. The molecule has 0 radical (unpaired) electrons. The molecule has 1 amide bonds. The first-order valence-corrected chi connectivity index (χ1v) is 7.40. The van der Waals surface area contributed by atoms with Gasteiger partial charge in [-0.05, 0) is 30.3 Å². The van der Waals surface area contributed by atoms with Crippen molar-refractivity contribution in [2.24, 2.45) is 0 Å². The summed E-state index contributed by atoms with van der Waals surface area (Å²) in [4.78, 5) is 14.1. The van der Waals surface area contributed by atoms with E-state index in [1.165, 1.54) is 5.32 Å². The molecule has 0 saturated heterocycles. The van der Waals surface area contributed by atoms with Crippen LogP contribution in [0.2, 0.25) is 5.02 Å². The van der Waals surface area contributed by atoms with Gasteiger partial charge < -0.3 is 0 Å². The number of amides is 1. The number of nitrogens with one attached hydrogen (secondary N) is 3. The van der Waals surface area contributed by atoms with Gasteiger partial charge in [0.25, 0.3) is 11.7 Å². The first-order valence-electron chi connectivity index (χ1n) is 7.03. The number of pyridine rings is 1. The smallest absolute Gasteiger partial charge is 0.296 e. The van der Waals surface area contributed by atoms with Crippen LogP contribution < -0.4 is 15.6 Å². The molecule has 0 aliphatic carbocycles. The fourth-order valence-electron chi connectivity index (χ4n) is 2.00. The van der Waals surface area contributed by atoms with Crippen molar-refractivity contribution in [2.45, 2.75) is 18.0 Å². The molecule has 0 aliphatic heterocycles. The van der Waals surface area contributed by atoms with E-state index in [0.29, 0.717) is 0 Å². The molecule has 3 N–H and O–H groups in total. The van der Waals surface area contributed by atoms with Crippen molar-refractivity contribution in [3.8, 4) is 0 Å². The Morgan fingerprint density at radius 3 is 1.93 bits per heavy atom. The number of anilines is 1. The molecule has 0 atom stereocenters. The minimum Gasteiger partial charge on any atom is -0.296 e. The molecule has 0 spiro atoms. The van der Waals surface area contributed by atoms with Crippen molar-refractivity contribution >= 4 is 23.3 Å². The third-order valence-electron chi connectivity index (χ3n) is 3.35. The molecule has 12 heteroatoms. The van der Waals surface area contributed by atoms with Gasteiger partial charge in [0.05, 0.1) is 5.02 Å². The van der Waals surface area contributed by atoms with Gasteiger partial charge in [0.2, 0.25) is 0 Å². The molecule has 1 aromatic carbocycles. The van der Waals surface area contributed by atoms with Crippen molar-refractivity contribution in [3.63, 3.8) is 0 Å². The number of hydrogen-bond acceptors (Lipinski definition) is 2. The predicted molar refractivity (Wildman–Crippen MR) is 80.3 cm³/mol. The van der Waals surface area contributed by atoms with E-state index in [0.717, 1.165) is 47.9 Å². The monoisotopic (exact) mass is 416 g/mol. The third-order valence-corrected chi connectivity index (χ3v) is 3.59. The van der Waals surface area contributed by atoms with E-state index < -0.39 is 41.1 Å².